The molecule has 62 heavy (non-hydrogen) atoms. The molecule has 0 bridgehead atoms. The molecule has 3 fully saturated rings. The number of nitrogens with zero attached hydrogens (tertiary/aromatic N) is 2. The number of alkyl halides is 9. The molecule has 8 nitrogen and oxygen atoms in total. The molecule has 5 rings (SSSR count). The smallest absolute Gasteiger partial charge is 0.435 e. The number of piperazine rings is 1. The largest absolute Gasteiger partial charge is 0.494 e. The summed E-state index contributed by atoms with van der Waals surface area (Å²) >= 11 is 0. The fourth-order valence-corrected chi connectivity index (χ4v) is 12.1. The van der Waals surface area contributed by atoms with E-state index in [1.165, 1.54) is 11.1 Å². The van der Waals surface area contributed by atoms with E-state index in [-0.39, 0.29) is 37.3 Å². The molecule has 358 valence electrons. The predicted octanol–water partition coefficient (Wildman–Crippen LogP) is 9.32. The van der Waals surface area contributed by atoms with Crippen molar-refractivity contribution in [2.24, 2.45) is 23.2 Å². The van der Waals surface area contributed by atoms with E-state index in [2.05, 4.69) is 39.7 Å². The Morgan fingerprint density at radius 1 is 0.742 bits per heavy atom. The molecule has 0 unspecified atom stereocenters. The Bertz CT molecular complexity index is 1450. The van der Waals surface area contributed by atoms with Gasteiger partial charge in [-0.1, -0.05) is 34.6 Å². The lowest BCUT2D eigenvalue weighted by Crippen LogP contribution is -2.67. The van der Waals surface area contributed by atoms with E-state index in [1.807, 2.05) is 21.6 Å². The number of hydrogen-bond donors (Lipinski definition) is 2. The van der Waals surface area contributed by atoms with Gasteiger partial charge in [0.05, 0.1) is 25.9 Å². The third kappa shape index (κ3) is 13.0. The van der Waals surface area contributed by atoms with Crippen LogP contribution in [0.25, 0.3) is 0 Å². The van der Waals surface area contributed by atoms with Crippen LogP contribution in [0.15, 0.2) is 18.2 Å². The summed E-state index contributed by atoms with van der Waals surface area (Å²) in [5.74, 6) is 3.96. The zero-order valence-electron chi connectivity index (χ0n) is 35.6. The van der Waals surface area contributed by atoms with E-state index in [0.717, 1.165) is 121 Å². The molecule has 0 spiro atoms. The molecule has 19 heteroatoms. The van der Waals surface area contributed by atoms with Gasteiger partial charge in [0, 0.05) is 76.6 Å². The van der Waals surface area contributed by atoms with Gasteiger partial charge >= 0.3 is 24.1 Å². The maximum absolute atomic E-state index is 13.2. The number of aliphatic hydroxyl groups excluding tert-OH is 2. The van der Waals surface area contributed by atoms with Crippen LogP contribution in [0.4, 0.5) is 39.5 Å². The van der Waals surface area contributed by atoms with Crippen molar-refractivity contribution in [2.75, 3.05) is 97.0 Å². The first-order chi connectivity index (χ1) is 29.4. The Hall–Kier alpha value is -1.19. The monoisotopic (exact) mass is 940 g/mol. The third-order valence-corrected chi connectivity index (χ3v) is 16.1. The molecule has 1 aromatic rings. The summed E-state index contributed by atoms with van der Waals surface area (Å²) in [6, 6.07) is 6.43. The van der Waals surface area contributed by atoms with Gasteiger partial charge in [-0.25, -0.2) is 0 Å². The fraction of sp³-hybridized carbons (Fsp3) is 0.860. The number of aliphatic hydroxyl groups is 2. The number of aryl methyl sites for hydroxylation is 1. The van der Waals surface area contributed by atoms with E-state index in [0.29, 0.717) is 37.4 Å². The molecule has 3 aliphatic carbocycles. The maximum atomic E-state index is 13.2. The molecular formula is C43H65F9N2O6S2. The summed E-state index contributed by atoms with van der Waals surface area (Å²) in [6.45, 7) is 8.83. The summed E-state index contributed by atoms with van der Waals surface area (Å²) < 4.78 is 140. The van der Waals surface area contributed by atoms with Crippen LogP contribution in [0.3, 0.4) is 0 Å². The van der Waals surface area contributed by atoms with E-state index in [4.69, 9.17) is 24.4 Å². The van der Waals surface area contributed by atoms with E-state index >= 15 is 0 Å². The van der Waals surface area contributed by atoms with Gasteiger partial charge < -0.3 is 39.0 Å². The Morgan fingerprint density at radius 3 is 2.06 bits per heavy atom. The minimum Gasteiger partial charge on any atom is -0.494 e. The van der Waals surface area contributed by atoms with Gasteiger partial charge in [-0.15, -0.1) is 0 Å². The predicted molar refractivity (Wildman–Crippen MR) is 223 cm³/mol. The molecule has 1 heterocycles. The Balaban J connectivity index is 0.944. The van der Waals surface area contributed by atoms with Crippen LogP contribution in [-0.2, 0) is 20.6 Å². The van der Waals surface area contributed by atoms with Gasteiger partial charge in [0.1, 0.15) is 5.75 Å². The molecular weight excluding hydrogens is 876 g/mol. The number of benzene rings is 1. The van der Waals surface area contributed by atoms with Crippen LogP contribution >= 0.6 is 21.6 Å². The molecule has 1 aliphatic heterocycles. The summed E-state index contributed by atoms with van der Waals surface area (Å²) in [5, 5.41) is 18.2. The van der Waals surface area contributed by atoms with Crippen molar-refractivity contribution in [1.82, 2.24) is 9.80 Å². The average molecular weight is 941 g/mol. The first-order valence-electron chi connectivity index (χ1n) is 22.1. The minimum atomic E-state index is -6.74. The van der Waals surface area contributed by atoms with Gasteiger partial charge in [-0.2, -0.15) is 39.5 Å². The van der Waals surface area contributed by atoms with Crippen molar-refractivity contribution in [3.8, 4) is 5.75 Å². The van der Waals surface area contributed by atoms with Crippen LogP contribution in [0.1, 0.15) is 88.2 Å². The molecule has 5 atom stereocenters. The van der Waals surface area contributed by atoms with E-state index in [9.17, 15) is 39.5 Å². The van der Waals surface area contributed by atoms with E-state index in [1.54, 1.807) is 0 Å². The highest BCUT2D eigenvalue weighted by atomic mass is 33.1. The summed E-state index contributed by atoms with van der Waals surface area (Å²) in [6.07, 6.45) is -12.2. The second kappa shape index (κ2) is 23.5. The van der Waals surface area contributed by atoms with Crippen LogP contribution in [0.2, 0.25) is 0 Å². The summed E-state index contributed by atoms with van der Waals surface area (Å²) in [5.41, 5.74) is -3.88. The molecule has 0 radical (unpaired) electrons. The van der Waals surface area contributed by atoms with Crippen LogP contribution < -0.4 is 4.74 Å². The highest BCUT2D eigenvalue weighted by Gasteiger charge is 2.85. The molecule has 1 saturated heterocycles. The average Bonchev–Trinajstić information content (AvgIpc) is 3.56. The maximum Gasteiger partial charge on any atom is 0.435 e. The number of rotatable bonds is 25. The number of halogens is 9. The summed E-state index contributed by atoms with van der Waals surface area (Å²) in [7, 11) is 3.75. The first-order valence-corrected chi connectivity index (χ1v) is 24.6. The zero-order chi connectivity index (χ0) is 45.0. The third-order valence-electron chi connectivity index (χ3n) is 13.6. The SMILES string of the molecule is C[C@]12CC[C@@H]3c4ccc(OCCCN5CCN(CCCSSCCOCCCC(CO)CO)CC5)cc4CC[C@H]3[C@@H]1CC[C@@H]2OCCCOC(C(F)(F)F)(C(F)(F)F)C(F)(F)F. The lowest BCUT2D eigenvalue weighted by molar-refractivity contribution is -0.457. The minimum absolute atomic E-state index is 0.0171. The molecule has 1 aromatic carbocycles. The molecule has 4 aliphatic rings. The fourth-order valence-electron chi connectivity index (χ4n) is 10.2. The highest BCUT2D eigenvalue weighted by Crippen LogP contribution is 2.62. The highest BCUT2D eigenvalue weighted by molar-refractivity contribution is 8.76. The Morgan fingerprint density at radius 2 is 1.40 bits per heavy atom. The molecule has 0 aromatic heterocycles. The van der Waals surface area contributed by atoms with Crippen molar-refractivity contribution >= 4 is 21.6 Å². The Kier molecular flexibility index (Phi) is 19.6. The van der Waals surface area contributed by atoms with Gasteiger partial charge in [-0.05, 0) is 124 Å². The van der Waals surface area contributed by atoms with Crippen molar-refractivity contribution in [3.63, 3.8) is 0 Å². The van der Waals surface area contributed by atoms with Crippen molar-refractivity contribution in [1.29, 1.82) is 0 Å². The lowest BCUT2D eigenvalue weighted by Gasteiger charge is -2.50. The van der Waals surface area contributed by atoms with Gasteiger partial charge in [-0.3, -0.25) is 0 Å². The van der Waals surface area contributed by atoms with Gasteiger partial charge in [0.2, 0.25) is 0 Å². The van der Waals surface area contributed by atoms with Crippen LogP contribution in [0, 0.1) is 23.2 Å². The quantitative estimate of drug-likeness (QED) is 0.0563. The standard InChI is InChI=1S/C43H65F9N2O6S2/c1-39-14-13-35-34-10-8-33(58-22-3-15-53-17-19-54(20-18-53)16-4-26-61-62-27-25-57-21-2-6-31(29-55)30-56)28-32(34)7-9-36(35)37(39)11-12-38(39)59-23-5-24-60-40(41(44,45)46,42(47,48)49)43(50,51)52/h8,10,28,31,35-38,55-56H,2-7,9,11-27,29-30H2,1H3/t35-,36-,37+,38+,39+/m1/s1. The Labute approximate surface area is 368 Å². The van der Waals surface area contributed by atoms with Crippen LogP contribution in [0.5, 0.6) is 5.75 Å². The van der Waals surface area contributed by atoms with E-state index < -0.39 is 37.2 Å². The lowest BCUT2D eigenvalue weighted by atomic mass is 9.55. The number of ether oxygens (including phenoxy) is 4. The van der Waals surface area contributed by atoms with Crippen molar-refractivity contribution in [3.05, 3.63) is 29.3 Å². The normalized spacial score (nSPS) is 25.2. The van der Waals surface area contributed by atoms with Gasteiger partial charge in [0.15, 0.2) is 0 Å². The van der Waals surface area contributed by atoms with Crippen molar-refractivity contribution in [2.45, 2.75) is 114 Å². The summed E-state index contributed by atoms with van der Waals surface area (Å²) in [4.78, 5) is 5.05. The number of fused-ring (bicyclic) bond motifs is 5. The van der Waals surface area contributed by atoms with Crippen molar-refractivity contribution < 1.29 is 68.7 Å². The second-order valence-corrected chi connectivity index (χ2v) is 20.2. The molecule has 0 amide bonds. The topological polar surface area (TPSA) is 83.9 Å². The number of hydrogen-bond acceptors (Lipinski definition) is 10. The second-order valence-electron chi connectivity index (χ2n) is 17.5. The first kappa shape index (κ1) is 51.8. The van der Waals surface area contributed by atoms with Gasteiger partial charge in [0.25, 0.3) is 0 Å². The molecule has 2 N–H and O–H groups in total. The zero-order valence-corrected chi connectivity index (χ0v) is 37.3. The van der Waals surface area contributed by atoms with Crippen LogP contribution in [-0.4, -0.2) is 147 Å². The molecule has 2 saturated carbocycles.